The summed E-state index contributed by atoms with van der Waals surface area (Å²) in [5.74, 6) is 0.719. The van der Waals surface area contributed by atoms with Gasteiger partial charge in [-0.05, 0) is 13.0 Å². The molecule has 1 heterocycles. The summed E-state index contributed by atoms with van der Waals surface area (Å²) < 4.78 is 4.77. The number of aromatic amines is 1. The maximum absolute atomic E-state index is 11.1. The van der Waals surface area contributed by atoms with Crippen LogP contribution in [0.3, 0.4) is 0 Å². The first-order valence-electron chi connectivity index (χ1n) is 5.62. The molecule has 0 unspecified atom stereocenters. The summed E-state index contributed by atoms with van der Waals surface area (Å²) in [6, 6.07) is 9.60. The lowest BCUT2D eigenvalue weighted by molar-refractivity contribution is -0.137. The summed E-state index contributed by atoms with van der Waals surface area (Å²) in [6.07, 6.45) is 2.86. The zero-order valence-corrected chi connectivity index (χ0v) is 9.96. The molecule has 5 nitrogen and oxygen atoms in total. The molecule has 0 aliphatic heterocycles. The van der Waals surface area contributed by atoms with Crippen LogP contribution >= 0.6 is 0 Å². The standard InChI is InChI=1S/C13H13N3O2/c1-2-18-12(17)9-8-11-14-13(16-15-11)10-6-4-3-5-7-10/h3-9H,2H2,1H3,(H,14,15,16)/b9-8-. The number of esters is 1. The smallest absolute Gasteiger partial charge is 0.330 e. The number of benzene rings is 1. The zero-order valence-electron chi connectivity index (χ0n) is 9.96. The van der Waals surface area contributed by atoms with E-state index in [-0.39, 0.29) is 0 Å². The quantitative estimate of drug-likeness (QED) is 0.659. The highest BCUT2D eigenvalue weighted by Gasteiger charge is 2.03. The van der Waals surface area contributed by atoms with Crippen molar-refractivity contribution in [1.29, 1.82) is 0 Å². The van der Waals surface area contributed by atoms with Gasteiger partial charge in [-0.2, -0.15) is 5.10 Å². The predicted molar refractivity (Wildman–Crippen MR) is 67.5 cm³/mol. The molecule has 2 rings (SSSR count). The van der Waals surface area contributed by atoms with Crippen LogP contribution in [0, 0.1) is 0 Å². The van der Waals surface area contributed by atoms with Crippen LogP contribution in [0.2, 0.25) is 0 Å². The third-order valence-electron chi connectivity index (χ3n) is 2.20. The summed E-state index contributed by atoms with van der Waals surface area (Å²) in [4.78, 5) is 15.4. The van der Waals surface area contributed by atoms with Crippen molar-refractivity contribution in [2.24, 2.45) is 0 Å². The normalized spacial score (nSPS) is 10.7. The molecule has 0 spiro atoms. The lowest BCUT2D eigenvalue weighted by Crippen LogP contribution is -1.98. The van der Waals surface area contributed by atoms with Crippen LogP contribution in [0.25, 0.3) is 17.5 Å². The van der Waals surface area contributed by atoms with E-state index >= 15 is 0 Å². The predicted octanol–water partition coefficient (Wildman–Crippen LogP) is 2.05. The highest BCUT2D eigenvalue weighted by Crippen LogP contribution is 2.13. The maximum atomic E-state index is 11.1. The number of ether oxygens (including phenoxy) is 1. The Labute approximate surface area is 105 Å². The first-order chi connectivity index (χ1) is 8.79. The highest BCUT2D eigenvalue weighted by atomic mass is 16.5. The van der Waals surface area contributed by atoms with Crippen molar-refractivity contribution >= 4 is 12.0 Å². The van der Waals surface area contributed by atoms with Crippen molar-refractivity contribution in [1.82, 2.24) is 15.2 Å². The van der Waals surface area contributed by atoms with Crippen molar-refractivity contribution in [3.8, 4) is 11.4 Å². The zero-order chi connectivity index (χ0) is 12.8. The van der Waals surface area contributed by atoms with Gasteiger partial charge in [0.2, 0.25) is 0 Å². The molecule has 0 saturated heterocycles. The van der Waals surface area contributed by atoms with E-state index in [9.17, 15) is 4.79 Å². The number of nitrogens with one attached hydrogen (secondary N) is 1. The van der Waals surface area contributed by atoms with Crippen LogP contribution in [0.4, 0.5) is 0 Å². The fourth-order valence-corrected chi connectivity index (χ4v) is 1.40. The van der Waals surface area contributed by atoms with Crippen molar-refractivity contribution < 1.29 is 9.53 Å². The van der Waals surface area contributed by atoms with E-state index in [4.69, 9.17) is 4.74 Å². The summed E-state index contributed by atoms with van der Waals surface area (Å²) in [6.45, 7) is 2.11. The third-order valence-corrected chi connectivity index (χ3v) is 2.20. The average molecular weight is 243 g/mol. The maximum Gasteiger partial charge on any atom is 0.330 e. The SMILES string of the molecule is CCOC(=O)/C=C\c1nc(-c2ccccc2)n[nH]1. The average Bonchev–Trinajstić information content (AvgIpc) is 2.87. The topological polar surface area (TPSA) is 67.9 Å². The van der Waals surface area contributed by atoms with Crippen LogP contribution < -0.4 is 0 Å². The van der Waals surface area contributed by atoms with E-state index in [1.165, 1.54) is 12.2 Å². The van der Waals surface area contributed by atoms with Gasteiger partial charge in [0.1, 0.15) is 5.82 Å². The molecule has 1 N–H and O–H groups in total. The first-order valence-corrected chi connectivity index (χ1v) is 5.62. The summed E-state index contributed by atoms with van der Waals surface area (Å²) >= 11 is 0. The Bertz CT molecular complexity index is 546. The second kappa shape index (κ2) is 5.77. The van der Waals surface area contributed by atoms with Gasteiger partial charge < -0.3 is 4.74 Å². The lowest BCUT2D eigenvalue weighted by Gasteiger charge is -1.93. The number of carbonyl (C=O) groups is 1. The van der Waals surface area contributed by atoms with E-state index in [1.807, 2.05) is 30.3 Å². The van der Waals surface area contributed by atoms with E-state index in [0.29, 0.717) is 18.3 Å². The first kappa shape index (κ1) is 12.0. The third kappa shape index (κ3) is 3.04. The van der Waals surface area contributed by atoms with Crippen molar-refractivity contribution in [3.63, 3.8) is 0 Å². The van der Waals surface area contributed by atoms with Crippen molar-refractivity contribution in [3.05, 3.63) is 42.2 Å². The molecule has 92 valence electrons. The van der Waals surface area contributed by atoms with Crippen molar-refractivity contribution in [2.75, 3.05) is 6.61 Å². The summed E-state index contributed by atoms with van der Waals surface area (Å²) in [5, 5.41) is 6.82. The second-order valence-electron chi connectivity index (χ2n) is 3.50. The number of nitrogens with zero attached hydrogens (tertiary/aromatic N) is 2. The van der Waals surface area contributed by atoms with Crippen LogP contribution in [0.5, 0.6) is 0 Å². The van der Waals surface area contributed by atoms with Crippen LogP contribution in [0.1, 0.15) is 12.7 Å². The highest BCUT2D eigenvalue weighted by molar-refractivity contribution is 5.86. The molecule has 0 amide bonds. The van der Waals surface area contributed by atoms with Gasteiger partial charge in [0.05, 0.1) is 6.61 Å². The molecule has 18 heavy (non-hydrogen) atoms. The molecule has 2 aromatic rings. The van der Waals surface area contributed by atoms with E-state index in [0.717, 1.165) is 5.56 Å². The fourth-order valence-electron chi connectivity index (χ4n) is 1.40. The minimum atomic E-state index is -0.393. The minimum Gasteiger partial charge on any atom is -0.463 e. The Kier molecular flexibility index (Phi) is 3.86. The number of aromatic nitrogens is 3. The second-order valence-corrected chi connectivity index (χ2v) is 3.50. The molecular weight excluding hydrogens is 230 g/mol. The number of H-pyrrole nitrogens is 1. The molecule has 0 fully saturated rings. The molecule has 0 saturated carbocycles. The molecule has 0 radical (unpaired) electrons. The van der Waals surface area contributed by atoms with Crippen molar-refractivity contribution in [2.45, 2.75) is 6.92 Å². The minimum absolute atomic E-state index is 0.356. The van der Waals surface area contributed by atoms with Crippen LogP contribution in [-0.4, -0.2) is 27.8 Å². The Balaban J connectivity index is 2.09. The number of carbonyl (C=O) groups excluding carboxylic acids is 1. The summed E-state index contributed by atoms with van der Waals surface area (Å²) in [5.41, 5.74) is 0.921. The van der Waals surface area contributed by atoms with E-state index in [2.05, 4.69) is 15.2 Å². The van der Waals surface area contributed by atoms with Crippen LogP contribution in [0.15, 0.2) is 36.4 Å². The lowest BCUT2D eigenvalue weighted by atomic mass is 10.2. The van der Waals surface area contributed by atoms with Gasteiger partial charge in [-0.25, -0.2) is 9.78 Å². The Hall–Kier alpha value is -2.43. The molecule has 5 heteroatoms. The van der Waals surface area contributed by atoms with Crippen LogP contribution in [-0.2, 0) is 9.53 Å². The van der Waals surface area contributed by atoms with E-state index < -0.39 is 5.97 Å². The van der Waals surface area contributed by atoms with Gasteiger partial charge in [-0.1, -0.05) is 30.3 Å². The molecule has 0 aliphatic rings. The molecule has 0 atom stereocenters. The molecule has 1 aromatic carbocycles. The molecular formula is C13H13N3O2. The van der Waals surface area contributed by atoms with Gasteiger partial charge in [-0.3, -0.25) is 5.10 Å². The van der Waals surface area contributed by atoms with Gasteiger partial charge >= 0.3 is 5.97 Å². The largest absolute Gasteiger partial charge is 0.463 e. The number of hydrogen-bond donors (Lipinski definition) is 1. The van der Waals surface area contributed by atoms with Gasteiger partial charge in [0, 0.05) is 11.6 Å². The Morgan fingerprint density at radius 2 is 2.17 bits per heavy atom. The fraction of sp³-hybridized carbons (Fsp3) is 0.154. The Morgan fingerprint density at radius 3 is 2.89 bits per heavy atom. The molecule has 0 bridgehead atoms. The number of hydrogen-bond acceptors (Lipinski definition) is 4. The molecule has 1 aromatic heterocycles. The van der Waals surface area contributed by atoms with Gasteiger partial charge in [0.25, 0.3) is 0 Å². The molecule has 0 aliphatic carbocycles. The van der Waals surface area contributed by atoms with E-state index in [1.54, 1.807) is 6.92 Å². The summed E-state index contributed by atoms with van der Waals surface area (Å²) in [7, 11) is 0. The Morgan fingerprint density at radius 1 is 1.39 bits per heavy atom. The monoisotopic (exact) mass is 243 g/mol. The van der Waals surface area contributed by atoms with Gasteiger partial charge in [0.15, 0.2) is 5.82 Å². The van der Waals surface area contributed by atoms with Gasteiger partial charge in [-0.15, -0.1) is 0 Å². The number of rotatable bonds is 4.